The maximum Gasteiger partial charge on any atom is 0.171 e. The lowest BCUT2D eigenvalue weighted by molar-refractivity contribution is -0.115. The van der Waals surface area contributed by atoms with Gasteiger partial charge in [0, 0.05) is 12.1 Å². The first-order valence-electron chi connectivity index (χ1n) is 9.64. The van der Waals surface area contributed by atoms with Gasteiger partial charge in [-0.1, -0.05) is 86.3 Å². The average Bonchev–Trinajstić information content (AvgIpc) is 3.05. The molecule has 0 spiro atoms. The summed E-state index contributed by atoms with van der Waals surface area (Å²) in [5.41, 5.74) is 11.5. The highest BCUT2D eigenvalue weighted by Crippen LogP contribution is 2.49. The molecule has 2 aliphatic heterocycles. The zero-order chi connectivity index (χ0) is 19.7. The maximum absolute atomic E-state index is 12.8. The van der Waals surface area contributed by atoms with Gasteiger partial charge in [0.2, 0.25) is 0 Å². The van der Waals surface area contributed by atoms with Gasteiger partial charge in [-0.15, -0.1) is 0 Å². The third kappa shape index (κ3) is 3.57. The molecule has 0 unspecified atom stereocenters. The van der Waals surface area contributed by atoms with Crippen LogP contribution in [-0.2, 0) is 4.79 Å². The van der Waals surface area contributed by atoms with Crippen molar-refractivity contribution in [3.8, 4) is 0 Å². The number of nitrogens with zero attached hydrogens (tertiary/aromatic N) is 1. The van der Waals surface area contributed by atoms with E-state index in [-0.39, 0.29) is 17.1 Å². The van der Waals surface area contributed by atoms with Crippen LogP contribution < -0.4 is 5.73 Å². The van der Waals surface area contributed by atoms with Crippen LogP contribution in [0, 0.1) is 11.8 Å². The normalized spacial score (nSPS) is 21.4. The van der Waals surface area contributed by atoms with Crippen LogP contribution in [0.15, 0.2) is 82.3 Å². The van der Waals surface area contributed by atoms with Crippen molar-refractivity contribution in [1.29, 1.82) is 0 Å². The monoisotopic (exact) mass is 388 g/mol. The number of benzene rings is 2. The van der Waals surface area contributed by atoms with Crippen LogP contribution >= 0.6 is 11.8 Å². The average molecular weight is 389 g/mol. The molecule has 0 aliphatic carbocycles. The molecule has 4 heteroatoms. The summed E-state index contributed by atoms with van der Waals surface area (Å²) in [7, 11) is 0. The lowest BCUT2D eigenvalue weighted by atomic mass is 9.85. The van der Waals surface area contributed by atoms with Crippen LogP contribution in [0.3, 0.4) is 0 Å². The summed E-state index contributed by atoms with van der Waals surface area (Å²) in [6.07, 6.45) is 2.65. The van der Waals surface area contributed by atoms with Crippen molar-refractivity contribution in [1.82, 2.24) is 0 Å². The van der Waals surface area contributed by atoms with Gasteiger partial charge in [0.1, 0.15) is 5.37 Å². The fourth-order valence-corrected chi connectivity index (χ4v) is 5.05. The molecule has 4 rings (SSSR count). The fourth-order valence-electron chi connectivity index (χ4n) is 3.74. The van der Waals surface area contributed by atoms with Crippen LogP contribution in [0.4, 0.5) is 0 Å². The highest BCUT2D eigenvalue weighted by molar-refractivity contribution is 8.04. The van der Waals surface area contributed by atoms with Crippen LogP contribution in [0.2, 0.25) is 0 Å². The van der Waals surface area contributed by atoms with E-state index in [9.17, 15) is 4.79 Å². The van der Waals surface area contributed by atoms with Crippen molar-refractivity contribution >= 4 is 28.8 Å². The molecule has 2 atom stereocenters. The molecule has 2 aliphatic rings. The van der Waals surface area contributed by atoms with Crippen molar-refractivity contribution in [2.45, 2.75) is 25.6 Å². The summed E-state index contributed by atoms with van der Waals surface area (Å²) in [6.45, 7) is 4.12. The van der Waals surface area contributed by atoms with E-state index in [1.807, 2.05) is 36.4 Å². The molecule has 2 aromatic carbocycles. The van der Waals surface area contributed by atoms with E-state index in [4.69, 9.17) is 10.7 Å². The van der Waals surface area contributed by atoms with Gasteiger partial charge in [0.15, 0.2) is 5.78 Å². The molecule has 0 radical (unpaired) electrons. The van der Waals surface area contributed by atoms with Gasteiger partial charge in [0.05, 0.1) is 16.5 Å². The van der Waals surface area contributed by atoms with Crippen LogP contribution in [0.25, 0.3) is 5.57 Å². The number of Topliss-reactive ketones (excluding diaryl/α,β-unsaturated/α-hetero) is 1. The number of hydrogen-bond acceptors (Lipinski definition) is 4. The smallest absolute Gasteiger partial charge is 0.171 e. The number of carbonyl (C=O) groups is 1. The van der Waals surface area contributed by atoms with E-state index in [1.54, 1.807) is 0 Å². The predicted molar refractivity (Wildman–Crippen MR) is 118 cm³/mol. The Morgan fingerprint density at radius 3 is 2.25 bits per heavy atom. The van der Waals surface area contributed by atoms with Gasteiger partial charge in [-0.3, -0.25) is 9.79 Å². The first-order valence-corrected chi connectivity index (χ1v) is 10.5. The van der Waals surface area contributed by atoms with E-state index in [0.717, 1.165) is 22.4 Å². The van der Waals surface area contributed by atoms with Crippen LogP contribution in [-0.4, -0.2) is 16.9 Å². The Hall–Kier alpha value is -2.59. The molecule has 28 heavy (non-hydrogen) atoms. The quantitative estimate of drug-likeness (QED) is 0.780. The first kappa shape index (κ1) is 18.8. The third-order valence-corrected chi connectivity index (χ3v) is 6.36. The number of hydrogen-bond donors (Lipinski definition) is 1. The number of nitrogens with two attached hydrogens (primary N) is 1. The minimum absolute atomic E-state index is 0.0639. The van der Waals surface area contributed by atoms with Gasteiger partial charge in [-0.05, 0) is 28.7 Å². The Kier molecular flexibility index (Phi) is 5.23. The van der Waals surface area contributed by atoms with Crippen molar-refractivity contribution in [3.05, 3.63) is 88.5 Å². The summed E-state index contributed by atoms with van der Waals surface area (Å²) in [6, 6.07) is 20.5. The minimum atomic E-state index is -0.0958. The summed E-state index contributed by atoms with van der Waals surface area (Å²) < 4.78 is 0. The number of ketones is 1. The van der Waals surface area contributed by atoms with Gasteiger partial charge >= 0.3 is 0 Å². The van der Waals surface area contributed by atoms with Gasteiger partial charge in [-0.2, -0.15) is 0 Å². The zero-order valence-corrected chi connectivity index (χ0v) is 16.9. The number of carbonyl (C=O) groups excluding carboxylic acids is 1. The number of fused-ring (bicyclic) bond motifs is 1. The Balaban J connectivity index is 1.78. The summed E-state index contributed by atoms with van der Waals surface area (Å²) in [5.74, 6) is 0.380. The van der Waals surface area contributed by atoms with E-state index < -0.39 is 0 Å². The molecule has 2 aromatic rings. The molecule has 0 bridgehead atoms. The minimum Gasteiger partial charge on any atom is -0.400 e. The molecule has 0 saturated heterocycles. The Labute approximate surface area is 170 Å². The molecular formula is C24H24N2OS. The Bertz CT molecular complexity index is 974. The second-order valence-electron chi connectivity index (χ2n) is 7.64. The summed E-state index contributed by atoms with van der Waals surface area (Å²) in [5, 5.41) is -0.0958. The number of aliphatic imine (C=N–C) groups is 1. The van der Waals surface area contributed by atoms with E-state index in [1.165, 1.54) is 11.8 Å². The Morgan fingerprint density at radius 1 is 1.04 bits per heavy atom. The number of allylic oxidation sites excluding steroid dienone is 2. The fraction of sp³-hybridized carbons (Fsp3) is 0.250. The SMILES string of the molecule is CC(C)CC(=O)C1=C(N)[C@H]2C(c3ccccc3)=CC(c3ccccc3)=N[C@H]2S1. The summed E-state index contributed by atoms with van der Waals surface area (Å²) >= 11 is 1.53. The molecule has 0 aromatic heterocycles. The molecule has 2 N–H and O–H groups in total. The lowest BCUT2D eigenvalue weighted by Crippen LogP contribution is -2.25. The van der Waals surface area contributed by atoms with E-state index >= 15 is 0 Å². The Morgan fingerprint density at radius 2 is 1.64 bits per heavy atom. The van der Waals surface area contributed by atoms with Crippen LogP contribution in [0.5, 0.6) is 0 Å². The van der Waals surface area contributed by atoms with Crippen molar-refractivity contribution in [3.63, 3.8) is 0 Å². The summed E-state index contributed by atoms with van der Waals surface area (Å²) in [4.78, 5) is 18.5. The number of dihydropyridines is 1. The van der Waals surface area contributed by atoms with Crippen molar-refractivity contribution in [2.75, 3.05) is 0 Å². The lowest BCUT2D eigenvalue weighted by Gasteiger charge is -2.26. The van der Waals surface area contributed by atoms with Crippen LogP contribution in [0.1, 0.15) is 31.4 Å². The molecule has 142 valence electrons. The van der Waals surface area contributed by atoms with Crippen molar-refractivity contribution in [2.24, 2.45) is 22.6 Å². The highest BCUT2D eigenvalue weighted by Gasteiger charge is 2.41. The first-order chi connectivity index (χ1) is 13.5. The molecule has 0 fully saturated rings. The highest BCUT2D eigenvalue weighted by atomic mass is 32.2. The van der Waals surface area contributed by atoms with E-state index in [0.29, 0.717) is 22.9 Å². The predicted octanol–water partition coefficient (Wildman–Crippen LogP) is 5.05. The molecule has 3 nitrogen and oxygen atoms in total. The van der Waals surface area contributed by atoms with E-state index in [2.05, 4.69) is 44.2 Å². The third-order valence-electron chi connectivity index (χ3n) is 5.04. The maximum atomic E-state index is 12.8. The molecule has 0 amide bonds. The number of rotatable bonds is 5. The molecular weight excluding hydrogens is 364 g/mol. The second-order valence-corrected chi connectivity index (χ2v) is 8.76. The topological polar surface area (TPSA) is 55.5 Å². The standard InChI is InChI=1S/C24H24N2OS/c1-15(2)13-20(27)23-22(25)21-18(16-9-5-3-6-10-16)14-19(26-24(21)28-23)17-11-7-4-8-12-17/h3-12,14-15,21,24H,13,25H2,1-2H3/t21-,24+/m1/s1. The van der Waals surface area contributed by atoms with Gasteiger partial charge < -0.3 is 5.73 Å². The van der Waals surface area contributed by atoms with Gasteiger partial charge in [-0.25, -0.2) is 0 Å². The van der Waals surface area contributed by atoms with Gasteiger partial charge in [0.25, 0.3) is 0 Å². The number of thioether (sulfide) groups is 1. The largest absolute Gasteiger partial charge is 0.400 e. The molecule has 0 saturated carbocycles. The zero-order valence-electron chi connectivity index (χ0n) is 16.1. The van der Waals surface area contributed by atoms with Crippen molar-refractivity contribution < 1.29 is 4.79 Å². The molecule has 2 heterocycles. The second kappa shape index (κ2) is 7.80.